The van der Waals surface area contributed by atoms with Crippen molar-refractivity contribution in [2.75, 3.05) is 32.9 Å². The third kappa shape index (κ3) is 2.80. The molecular weight excluding hydrogens is 354 g/mol. The predicted molar refractivity (Wildman–Crippen MR) is 95.8 cm³/mol. The molecular formula is C17H21N5O3S. The molecule has 3 atom stereocenters. The average molecular weight is 375 g/mol. The van der Waals surface area contributed by atoms with Gasteiger partial charge in [0.2, 0.25) is 0 Å². The van der Waals surface area contributed by atoms with Gasteiger partial charge in [0.25, 0.3) is 5.91 Å². The highest BCUT2D eigenvalue weighted by molar-refractivity contribution is 7.92. The van der Waals surface area contributed by atoms with Gasteiger partial charge in [-0.25, -0.2) is 13.1 Å². The standard InChI is InChI=1S/C17H21N5O3S/c1-20(2)15-11-26(24,25)16-10-21(8-13(15)16)17(23)14-9-22(19-18-14)12-6-4-3-5-7-12/h3-7,9,13,15-16H,8,10-11H2,1-2H3/t13-,15+,16-/m0/s1. The molecule has 26 heavy (non-hydrogen) atoms. The summed E-state index contributed by atoms with van der Waals surface area (Å²) in [5.41, 5.74) is 1.04. The molecule has 3 heterocycles. The van der Waals surface area contributed by atoms with Gasteiger partial charge in [-0.15, -0.1) is 5.10 Å². The van der Waals surface area contributed by atoms with Crippen LogP contribution in [0.25, 0.3) is 5.69 Å². The van der Waals surface area contributed by atoms with Crippen LogP contribution in [-0.2, 0) is 9.84 Å². The first-order valence-corrected chi connectivity index (χ1v) is 10.2. The minimum absolute atomic E-state index is 0.0527. The number of aromatic nitrogens is 3. The van der Waals surface area contributed by atoms with Gasteiger partial charge < -0.3 is 9.80 Å². The van der Waals surface area contributed by atoms with E-state index in [1.165, 1.54) is 0 Å². The molecule has 1 aromatic heterocycles. The minimum Gasteiger partial charge on any atom is -0.336 e. The van der Waals surface area contributed by atoms with E-state index >= 15 is 0 Å². The molecule has 0 N–H and O–H groups in total. The Hall–Kier alpha value is -2.26. The average Bonchev–Trinajstić information content (AvgIpc) is 3.31. The molecule has 2 saturated heterocycles. The number of fused-ring (bicyclic) bond motifs is 1. The van der Waals surface area contributed by atoms with Gasteiger partial charge >= 0.3 is 0 Å². The first-order chi connectivity index (χ1) is 12.4. The van der Waals surface area contributed by atoms with Crippen LogP contribution in [0.4, 0.5) is 0 Å². The maximum absolute atomic E-state index is 12.8. The van der Waals surface area contributed by atoms with Crippen LogP contribution in [0.5, 0.6) is 0 Å². The lowest BCUT2D eigenvalue weighted by Gasteiger charge is -2.24. The van der Waals surface area contributed by atoms with Crippen molar-refractivity contribution in [3.63, 3.8) is 0 Å². The molecule has 2 aromatic rings. The molecule has 1 amide bonds. The van der Waals surface area contributed by atoms with E-state index in [9.17, 15) is 13.2 Å². The number of sulfone groups is 1. The van der Waals surface area contributed by atoms with Gasteiger partial charge in [-0.2, -0.15) is 0 Å². The lowest BCUT2D eigenvalue weighted by Crippen LogP contribution is -2.38. The number of likely N-dealkylation sites (tertiary alicyclic amines) is 1. The Morgan fingerprint density at radius 3 is 2.62 bits per heavy atom. The second kappa shape index (κ2) is 6.17. The Bertz CT molecular complexity index is 925. The number of amides is 1. The minimum atomic E-state index is -3.18. The van der Waals surface area contributed by atoms with Crippen LogP contribution >= 0.6 is 0 Å². The van der Waals surface area contributed by atoms with Crippen LogP contribution in [0.2, 0.25) is 0 Å². The van der Waals surface area contributed by atoms with Gasteiger partial charge in [-0.1, -0.05) is 23.4 Å². The Balaban J connectivity index is 1.55. The summed E-state index contributed by atoms with van der Waals surface area (Å²) in [6.07, 6.45) is 1.59. The maximum Gasteiger partial charge on any atom is 0.276 e. The highest BCUT2D eigenvalue weighted by atomic mass is 32.2. The third-order valence-corrected chi connectivity index (χ3v) is 7.58. The Labute approximate surface area is 152 Å². The van der Waals surface area contributed by atoms with Crippen molar-refractivity contribution in [3.8, 4) is 5.69 Å². The zero-order valence-electron chi connectivity index (χ0n) is 14.7. The largest absolute Gasteiger partial charge is 0.336 e. The van der Waals surface area contributed by atoms with Gasteiger partial charge in [-0.3, -0.25) is 4.79 Å². The van der Waals surface area contributed by atoms with Crippen LogP contribution < -0.4 is 0 Å². The fraction of sp³-hybridized carbons (Fsp3) is 0.471. The number of nitrogens with zero attached hydrogens (tertiary/aromatic N) is 5. The van der Waals surface area contributed by atoms with Crippen molar-refractivity contribution < 1.29 is 13.2 Å². The van der Waals surface area contributed by atoms with E-state index in [4.69, 9.17) is 0 Å². The fourth-order valence-electron chi connectivity index (χ4n) is 3.96. The summed E-state index contributed by atoms with van der Waals surface area (Å²) in [5.74, 6) is -0.154. The van der Waals surface area contributed by atoms with E-state index in [0.717, 1.165) is 5.69 Å². The molecule has 9 heteroatoms. The Morgan fingerprint density at radius 2 is 1.92 bits per heavy atom. The van der Waals surface area contributed by atoms with Crippen molar-refractivity contribution in [1.29, 1.82) is 0 Å². The summed E-state index contributed by atoms with van der Waals surface area (Å²) in [5, 5.41) is 7.52. The molecule has 2 fully saturated rings. The number of benzene rings is 1. The summed E-state index contributed by atoms with van der Waals surface area (Å²) < 4.78 is 26.5. The molecule has 0 bridgehead atoms. The van der Waals surface area contributed by atoms with Gasteiger partial charge in [0.05, 0.1) is 22.9 Å². The van der Waals surface area contributed by atoms with E-state index in [1.54, 1.807) is 15.8 Å². The van der Waals surface area contributed by atoms with E-state index in [2.05, 4.69) is 10.3 Å². The highest BCUT2D eigenvalue weighted by Crippen LogP contribution is 2.36. The molecule has 8 nitrogen and oxygen atoms in total. The van der Waals surface area contributed by atoms with Crippen molar-refractivity contribution in [3.05, 3.63) is 42.2 Å². The lowest BCUT2D eigenvalue weighted by molar-refractivity contribution is 0.0773. The third-order valence-electron chi connectivity index (χ3n) is 5.35. The summed E-state index contributed by atoms with van der Waals surface area (Å²) in [4.78, 5) is 16.4. The SMILES string of the molecule is CN(C)[C@@H]1CS(=O)(=O)[C@H]2CN(C(=O)c3cn(-c4ccccc4)nn3)C[C@@H]12. The van der Waals surface area contributed by atoms with Crippen molar-refractivity contribution in [1.82, 2.24) is 24.8 Å². The van der Waals surface area contributed by atoms with Crippen LogP contribution in [-0.4, -0.2) is 83.3 Å². The summed E-state index contributed by atoms with van der Waals surface area (Å²) in [7, 11) is 0.594. The summed E-state index contributed by atoms with van der Waals surface area (Å²) >= 11 is 0. The van der Waals surface area contributed by atoms with Gasteiger partial charge in [0.15, 0.2) is 15.5 Å². The number of carbonyl (C=O) groups excluding carboxylic acids is 1. The van der Waals surface area contributed by atoms with E-state index in [0.29, 0.717) is 6.54 Å². The summed E-state index contributed by atoms with van der Waals surface area (Å²) in [6, 6.07) is 9.35. The first-order valence-electron chi connectivity index (χ1n) is 8.52. The van der Waals surface area contributed by atoms with Crippen LogP contribution in [0.1, 0.15) is 10.5 Å². The van der Waals surface area contributed by atoms with Crippen molar-refractivity contribution in [2.45, 2.75) is 11.3 Å². The molecule has 0 aliphatic carbocycles. The quantitative estimate of drug-likeness (QED) is 0.754. The molecule has 4 rings (SSSR count). The number of hydrogen-bond acceptors (Lipinski definition) is 6. The smallest absolute Gasteiger partial charge is 0.276 e. The van der Waals surface area contributed by atoms with Crippen molar-refractivity contribution in [2.24, 2.45) is 5.92 Å². The lowest BCUT2D eigenvalue weighted by atomic mass is 10.00. The zero-order valence-corrected chi connectivity index (χ0v) is 15.5. The molecule has 2 aliphatic heterocycles. The number of para-hydroxylation sites is 1. The van der Waals surface area contributed by atoms with Gasteiger partial charge in [-0.05, 0) is 26.2 Å². The monoisotopic (exact) mass is 375 g/mol. The molecule has 0 saturated carbocycles. The number of carbonyl (C=O) groups is 1. The van der Waals surface area contributed by atoms with Gasteiger partial charge in [0, 0.05) is 25.0 Å². The van der Waals surface area contributed by atoms with E-state index in [1.807, 2.05) is 49.3 Å². The zero-order chi connectivity index (χ0) is 18.5. The molecule has 138 valence electrons. The topological polar surface area (TPSA) is 88.4 Å². The van der Waals surface area contributed by atoms with Crippen LogP contribution in [0.15, 0.2) is 36.5 Å². The molecule has 0 spiro atoms. The number of rotatable bonds is 3. The number of hydrogen-bond donors (Lipinski definition) is 0. The molecule has 1 aromatic carbocycles. The molecule has 0 unspecified atom stereocenters. The second-order valence-electron chi connectivity index (χ2n) is 7.16. The van der Waals surface area contributed by atoms with Crippen LogP contribution in [0.3, 0.4) is 0 Å². The Morgan fingerprint density at radius 1 is 1.19 bits per heavy atom. The Kier molecular flexibility index (Phi) is 4.07. The normalized spacial score (nSPS) is 27.0. The first kappa shape index (κ1) is 17.2. The van der Waals surface area contributed by atoms with E-state index in [-0.39, 0.29) is 35.9 Å². The van der Waals surface area contributed by atoms with Gasteiger partial charge in [0.1, 0.15) is 0 Å². The predicted octanol–water partition coefficient (Wildman–Crippen LogP) is 0.0665. The van der Waals surface area contributed by atoms with Crippen molar-refractivity contribution >= 4 is 15.7 Å². The fourth-order valence-corrected chi connectivity index (χ4v) is 6.44. The maximum atomic E-state index is 12.8. The van der Waals surface area contributed by atoms with Crippen LogP contribution in [0, 0.1) is 5.92 Å². The highest BCUT2D eigenvalue weighted by Gasteiger charge is 2.53. The molecule has 0 radical (unpaired) electrons. The van der Waals surface area contributed by atoms with E-state index < -0.39 is 15.1 Å². The summed E-state index contributed by atoms with van der Waals surface area (Å²) in [6.45, 7) is 0.665. The molecule has 2 aliphatic rings. The second-order valence-corrected chi connectivity index (χ2v) is 9.42.